The lowest BCUT2D eigenvalue weighted by molar-refractivity contribution is -0.146. The molecule has 1 heterocycles. The van der Waals surface area contributed by atoms with E-state index in [-0.39, 0.29) is 13.1 Å². The van der Waals surface area contributed by atoms with Crippen LogP contribution in [0, 0.1) is 0 Å². The predicted octanol–water partition coefficient (Wildman–Crippen LogP) is 2.58. The molecule has 0 unspecified atom stereocenters. The van der Waals surface area contributed by atoms with E-state index in [4.69, 9.17) is 11.6 Å². The van der Waals surface area contributed by atoms with Crippen LogP contribution in [-0.4, -0.2) is 33.8 Å². The molecule has 0 saturated heterocycles. The fourth-order valence-electron chi connectivity index (χ4n) is 1.04. The molecule has 0 fully saturated rings. The normalized spacial score (nSPS) is 12.4. The number of aromatic nitrogens is 2. The van der Waals surface area contributed by atoms with Crippen molar-refractivity contribution >= 4 is 23.1 Å². The van der Waals surface area contributed by atoms with Crippen LogP contribution in [0.5, 0.6) is 0 Å². The summed E-state index contributed by atoms with van der Waals surface area (Å²) >= 11 is 6.67. The third-order valence-electron chi connectivity index (χ3n) is 1.73. The second-order valence-electron chi connectivity index (χ2n) is 2.91. The Balaban J connectivity index is 2.58. The summed E-state index contributed by atoms with van der Waals surface area (Å²) in [6.07, 6.45) is -4.20. The Morgan fingerprint density at radius 2 is 2.13 bits per heavy atom. The van der Waals surface area contributed by atoms with Gasteiger partial charge in [0.25, 0.3) is 0 Å². The lowest BCUT2D eigenvalue weighted by Crippen LogP contribution is -2.33. The van der Waals surface area contributed by atoms with Crippen LogP contribution in [0.25, 0.3) is 0 Å². The van der Waals surface area contributed by atoms with Gasteiger partial charge in [0.15, 0.2) is 0 Å². The molecule has 86 valence electrons. The second-order valence-corrected chi connectivity index (χ2v) is 4.27. The molecule has 0 radical (unpaired) electrons. The maximum absolute atomic E-state index is 12.1. The molecule has 3 nitrogen and oxygen atoms in total. The van der Waals surface area contributed by atoms with Gasteiger partial charge in [0.2, 0.25) is 0 Å². The van der Waals surface area contributed by atoms with Gasteiger partial charge in [0, 0.05) is 18.1 Å². The van der Waals surface area contributed by atoms with Crippen molar-refractivity contribution in [2.24, 2.45) is 0 Å². The molecule has 0 bridgehead atoms. The second kappa shape index (κ2) is 5.09. The van der Waals surface area contributed by atoms with Crippen molar-refractivity contribution in [1.82, 2.24) is 14.5 Å². The number of hydrogen-bond donors (Lipinski definition) is 0. The molecule has 0 aliphatic carbocycles. The number of halogens is 4. The minimum absolute atomic E-state index is 0.0747. The first kappa shape index (κ1) is 12.7. The van der Waals surface area contributed by atoms with Crippen molar-refractivity contribution < 1.29 is 13.2 Å². The van der Waals surface area contributed by atoms with Crippen LogP contribution in [0.4, 0.5) is 13.2 Å². The van der Waals surface area contributed by atoms with Crippen LogP contribution in [-0.2, 0) is 6.54 Å². The van der Waals surface area contributed by atoms with Crippen LogP contribution < -0.4 is 0 Å². The highest BCUT2D eigenvalue weighted by molar-refractivity contribution is 7.10. The average Bonchev–Trinajstić information content (AvgIpc) is 2.48. The van der Waals surface area contributed by atoms with E-state index in [2.05, 4.69) is 9.59 Å². The molecular weight excluding hydrogens is 251 g/mol. The van der Waals surface area contributed by atoms with Gasteiger partial charge in [0.1, 0.15) is 10.0 Å². The quantitative estimate of drug-likeness (QED) is 0.832. The van der Waals surface area contributed by atoms with Crippen molar-refractivity contribution in [3.63, 3.8) is 0 Å². The van der Waals surface area contributed by atoms with E-state index in [9.17, 15) is 13.2 Å². The Hall–Kier alpha value is -0.400. The number of hydrogen-bond acceptors (Lipinski definition) is 4. The molecule has 0 N–H and O–H groups in total. The monoisotopic (exact) mass is 259 g/mol. The fourth-order valence-corrected chi connectivity index (χ4v) is 1.65. The van der Waals surface area contributed by atoms with Gasteiger partial charge in [-0.1, -0.05) is 23.0 Å². The molecule has 8 heteroatoms. The maximum Gasteiger partial charge on any atom is 0.401 e. The van der Waals surface area contributed by atoms with E-state index in [1.54, 1.807) is 6.92 Å². The largest absolute Gasteiger partial charge is 0.401 e. The summed E-state index contributed by atoms with van der Waals surface area (Å²) in [5.41, 5.74) is 0.396. The molecule has 0 aliphatic rings. The van der Waals surface area contributed by atoms with Gasteiger partial charge < -0.3 is 0 Å². The van der Waals surface area contributed by atoms with Crippen LogP contribution >= 0.6 is 23.1 Å². The van der Waals surface area contributed by atoms with Crippen LogP contribution in [0.3, 0.4) is 0 Å². The van der Waals surface area contributed by atoms with Gasteiger partial charge >= 0.3 is 6.18 Å². The smallest absolute Gasteiger partial charge is 0.289 e. The van der Waals surface area contributed by atoms with Crippen molar-refractivity contribution in [1.29, 1.82) is 0 Å². The minimum atomic E-state index is -4.20. The third-order valence-corrected chi connectivity index (χ3v) is 2.72. The summed E-state index contributed by atoms with van der Waals surface area (Å²) < 4.78 is 40.2. The molecule has 1 aromatic rings. The molecule has 1 aromatic heterocycles. The van der Waals surface area contributed by atoms with Gasteiger partial charge in [0.05, 0.1) is 6.54 Å². The zero-order valence-electron chi connectivity index (χ0n) is 7.88. The number of rotatable bonds is 4. The summed E-state index contributed by atoms with van der Waals surface area (Å²) in [6, 6.07) is 0. The van der Waals surface area contributed by atoms with Crippen molar-refractivity contribution in [2.75, 3.05) is 13.1 Å². The van der Waals surface area contributed by atoms with Gasteiger partial charge in [-0.25, -0.2) is 0 Å². The number of alkyl halides is 3. The first-order valence-electron chi connectivity index (χ1n) is 4.18. The van der Waals surface area contributed by atoms with Crippen LogP contribution in [0.2, 0.25) is 4.34 Å². The zero-order valence-corrected chi connectivity index (χ0v) is 9.46. The standard InChI is InChI=1S/C7H9ClF3N3S/c1-2-14(4-7(9,10)11)3-5-6(8)15-13-12-5/h2-4H2,1H3. The van der Waals surface area contributed by atoms with Gasteiger partial charge in [-0.15, -0.1) is 5.10 Å². The summed E-state index contributed by atoms with van der Waals surface area (Å²) in [4.78, 5) is 1.21. The van der Waals surface area contributed by atoms with Crippen molar-refractivity contribution in [2.45, 2.75) is 19.6 Å². The Bertz CT molecular complexity index is 315. The highest BCUT2D eigenvalue weighted by Gasteiger charge is 2.30. The van der Waals surface area contributed by atoms with E-state index in [1.807, 2.05) is 0 Å². The topological polar surface area (TPSA) is 29.0 Å². The first-order chi connectivity index (χ1) is 6.92. The highest BCUT2D eigenvalue weighted by Crippen LogP contribution is 2.21. The van der Waals surface area contributed by atoms with E-state index >= 15 is 0 Å². The number of nitrogens with zero attached hydrogens (tertiary/aromatic N) is 3. The zero-order chi connectivity index (χ0) is 11.5. The summed E-state index contributed by atoms with van der Waals surface area (Å²) in [7, 11) is 0. The maximum atomic E-state index is 12.1. The highest BCUT2D eigenvalue weighted by atomic mass is 35.5. The van der Waals surface area contributed by atoms with Crippen molar-refractivity contribution in [3.8, 4) is 0 Å². The molecule has 0 saturated carbocycles. The lowest BCUT2D eigenvalue weighted by Gasteiger charge is -2.20. The SMILES string of the molecule is CCN(Cc1nnsc1Cl)CC(F)(F)F. The minimum Gasteiger partial charge on any atom is -0.289 e. The average molecular weight is 260 g/mol. The summed E-state index contributed by atoms with van der Waals surface area (Å²) in [5, 5.41) is 3.66. The van der Waals surface area contributed by atoms with Gasteiger partial charge in [-0.3, -0.25) is 4.90 Å². The Morgan fingerprint density at radius 3 is 2.53 bits per heavy atom. The molecule has 0 aliphatic heterocycles. The van der Waals surface area contributed by atoms with E-state index in [1.165, 1.54) is 4.90 Å². The van der Waals surface area contributed by atoms with E-state index in [0.29, 0.717) is 10.0 Å². The molecule has 0 amide bonds. The van der Waals surface area contributed by atoms with E-state index < -0.39 is 12.7 Å². The lowest BCUT2D eigenvalue weighted by atomic mass is 10.4. The first-order valence-corrected chi connectivity index (χ1v) is 5.33. The molecule has 0 aromatic carbocycles. The molecule has 1 rings (SSSR count). The Labute approximate surface area is 94.0 Å². The molecular formula is C7H9ClF3N3S. The molecule has 0 atom stereocenters. The molecule has 15 heavy (non-hydrogen) atoms. The van der Waals surface area contributed by atoms with Crippen LogP contribution in [0.1, 0.15) is 12.6 Å². The van der Waals surface area contributed by atoms with Crippen molar-refractivity contribution in [3.05, 3.63) is 10.0 Å². The summed E-state index contributed by atoms with van der Waals surface area (Å²) in [6.45, 7) is 1.05. The predicted molar refractivity (Wildman–Crippen MR) is 51.9 cm³/mol. The molecule has 0 spiro atoms. The summed E-state index contributed by atoms with van der Waals surface area (Å²) in [5.74, 6) is 0. The Kier molecular flexibility index (Phi) is 4.30. The fraction of sp³-hybridized carbons (Fsp3) is 0.714. The van der Waals surface area contributed by atoms with Gasteiger partial charge in [-0.2, -0.15) is 13.2 Å². The Morgan fingerprint density at radius 1 is 1.47 bits per heavy atom. The third kappa shape index (κ3) is 4.31. The van der Waals surface area contributed by atoms with Gasteiger partial charge in [-0.05, 0) is 6.54 Å². The van der Waals surface area contributed by atoms with E-state index in [0.717, 1.165) is 11.5 Å². The van der Waals surface area contributed by atoms with Crippen LogP contribution in [0.15, 0.2) is 0 Å².